The lowest BCUT2D eigenvalue weighted by atomic mass is 10.1. The van der Waals surface area contributed by atoms with Crippen LogP contribution in [0.2, 0.25) is 0 Å². The molecular formula is C17H18FNO3. The molecule has 0 aliphatic heterocycles. The van der Waals surface area contributed by atoms with Crippen molar-refractivity contribution in [3.05, 3.63) is 59.4 Å². The maximum atomic E-state index is 13.2. The van der Waals surface area contributed by atoms with Gasteiger partial charge in [-0.2, -0.15) is 0 Å². The number of benzene rings is 2. The number of ether oxygens (including phenoxy) is 2. The molecule has 0 radical (unpaired) electrons. The lowest BCUT2D eigenvalue weighted by Crippen LogP contribution is -2.26. The van der Waals surface area contributed by atoms with Gasteiger partial charge >= 0.3 is 0 Å². The van der Waals surface area contributed by atoms with Crippen LogP contribution in [0.15, 0.2) is 42.5 Å². The highest BCUT2D eigenvalue weighted by atomic mass is 19.1. The van der Waals surface area contributed by atoms with Gasteiger partial charge in [-0.15, -0.1) is 0 Å². The first-order valence-corrected chi connectivity index (χ1v) is 6.83. The smallest absolute Gasteiger partial charge is 0.251 e. The summed E-state index contributed by atoms with van der Waals surface area (Å²) in [5.41, 5.74) is 1.15. The second kappa shape index (κ2) is 6.93. The van der Waals surface area contributed by atoms with Crippen molar-refractivity contribution in [1.82, 2.24) is 5.32 Å². The minimum absolute atomic E-state index is 0.254. The van der Waals surface area contributed by atoms with Crippen LogP contribution in [0.25, 0.3) is 0 Å². The molecule has 2 aromatic rings. The maximum absolute atomic E-state index is 13.2. The highest BCUT2D eigenvalue weighted by molar-refractivity contribution is 5.94. The summed E-state index contributed by atoms with van der Waals surface area (Å²) in [4.78, 5) is 12.1. The van der Waals surface area contributed by atoms with Crippen LogP contribution in [0, 0.1) is 5.82 Å². The number of carbonyl (C=O) groups excluding carboxylic acids is 1. The highest BCUT2D eigenvalue weighted by Crippen LogP contribution is 2.29. The fourth-order valence-electron chi connectivity index (χ4n) is 2.12. The summed E-state index contributed by atoms with van der Waals surface area (Å²) in [6, 6.07) is 10.7. The molecule has 0 aliphatic rings. The minimum atomic E-state index is -0.439. The van der Waals surface area contributed by atoms with Gasteiger partial charge in [0.25, 0.3) is 5.91 Å². The molecule has 2 aromatic carbocycles. The van der Waals surface area contributed by atoms with Crippen LogP contribution in [0.3, 0.4) is 0 Å². The predicted molar refractivity (Wildman–Crippen MR) is 81.8 cm³/mol. The van der Waals surface area contributed by atoms with Crippen molar-refractivity contribution in [3.8, 4) is 11.5 Å². The summed E-state index contributed by atoms with van der Waals surface area (Å²) < 4.78 is 23.6. The first kappa shape index (κ1) is 15.8. The van der Waals surface area contributed by atoms with Gasteiger partial charge < -0.3 is 14.8 Å². The van der Waals surface area contributed by atoms with Crippen molar-refractivity contribution >= 4 is 5.91 Å². The first-order chi connectivity index (χ1) is 10.5. The van der Waals surface area contributed by atoms with Crippen LogP contribution < -0.4 is 14.8 Å². The van der Waals surface area contributed by atoms with E-state index in [2.05, 4.69) is 5.32 Å². The Hall–Kier alpha value is -2.56. The van der Waals surface area contributed by atoms with Crippen molar-refractivity contribution < 1.29 is 18.7 Å². The van der Waals surface area contributed by atoms with E-state index in [1.807, 2.05) is 13.0 Å². The third-order valence-electron chi connectivity index (χ3n) is 3.34. The summed E-state index contributed by atoms with van der Waals surface area (Å²) in [5.74, 6) is 0.440. The summed E-state index contributed by atoms with van der Waals surface area (Å²) >= 11 is 0. The van der Waals surface area contributed by atoms with Crippen LogP contribution in [0.4, 0.5) is 4.39 Å². The van der Waals surface area contributed by atoms with E-state index < -0.39 is 5.82 Å². The quantitative estimate of drug-likeness (QED) is 0.921. The van der Waals surface area contributed by atoms with Crippen molar-refractivity contribution in [1.29, 1.82) is 0 Å². The Kier molecular flexibility index (Phi) is 4.99. The molecule has 0 spiro atoms. The largest absolute Gasteiger partial charge is 0.493 e. The SMILES string of the molecule is COc1ccc([C@H](C)NC(=O)c2cccc(F)c2)cc1OC. The minimum Gasteiger partial charge on any atom is -0.493 e. The molecule has 0 saturated carbocycles. The lowest BCUT2D eigenvalue weighted by molar-refractivity contribution is 0.0939. The Morgan fingerprint density at radius 1 is 1.09 bits per heavy atom. The fraction of sp³-hybridized carbons (Fsp3) is 0.235. The van der Waals surface area contributed by atoms with E-state index in [1.54, 1.807) is 32.4 Å². The van der Waals surface area contributed by atoms with Crippen LogP contribution in [0.1, 0.15) is 28.9 Å². The Bertz CT molecular complexity index is 673. The number of nitrogens with one attached hydrogen (secondary N) is 1. The molecule has 2 rings (SSSR count). The monoisotopic (exact) mass is 303 g/mol. The molecule has 22 heavy (non-hydrogen) atoms. The Morgan fingerprint density at radius 3 is 2.45 bits per heavy atom. The average molecular weight is 303 g/mol. The normalized spacial score (nSPS) is 11.6. The Balaban J connectivity index is 2.15. The molecule has 1 amide bonds. The van der Waals surface area contributed by atoms with E-state index in [9.17, 15) is 9.18 Å². The van der Waals surface area contributed by atoms with Crippen LogP contribution in [-0.4, -0.2) is 20.1 Å². The van der Waals surface area contributed by atoms with Crippen molar-refractivity contribution in [2.75, 3.05) is 14.2 Å². The average Bonchev–Trinajstić information content (AvgIpc) is 2.54. The molecule has 0 fully saturated rings. The number of amides is 1. The van der Waals surface area contributed by atoms with Crippen LogP contribution in [-0.2, 0) is 0 Å². The first-order valence-electron chi connectivity index (χ1n) is 6.83. The summed E-state index contributed by atoms with van der Waals surface area (Å²) in [7, 11) is 3.12. The van der Waals surface area contributed by atoms with Crippen molar-refractivity contribution in [2.24, 2.45) is 0 Å². The van der Waals surface area contributed by atoms with Gasteiger partial charge in [-0.25, -0.2) is 4.39 Å². The maximum Gasteiger partial charge on any atom is 0.251 e. The van der Waals surface area contributed by atoms with Gasteiger partial charge in [0.1, 0.15) is 5.82 Å². The molecule has 0 aliphatic carbocycles. The van der Waals surface area contributed by atoms with E-state index in [1.165, 1.54) is 18.2 Å². The molecule has 1 N–H and O–H groups in total. The number of methoxy groups -OCH3 is 2. The van der Waals surface area contributed by atoms with Gasteiger partial charge in [0.15, 0.2) is 11.5 Å². The topological polar surface area (TPSA) is 47.6 Å². The summed E-state index contributed by atoms with van der Waals surface area (Å²) in [6.45, 7) is 1.85. The molecule has 4 nitrogen and oxygen atoms in total. The molecule has 5 heteroatoms. The zero-order valence-corrected chi connectivity index (χ0v) is 12.7. The Morgan fingerprint density at radius 2 is 1.82 bits per heavy atom. The van der Waals surface area contributed by atoms with E-state index in [0.29, 0.717) is 11.5 Å². The van der Waals surface area contributed by atoms with E-state index in [4.69, 9.17) is 9.47 Å². The van der Waals surface area contributed by atoms with Gasteiger partial charge in [-0.3, -0.25) is 4.79 Å². The second-order valence-corrected chi connectivity index (χ2v) is 4.82. The predicted octanol–water partition coefficient (Wildman–Crippen LogP) is 3.33. The van der Waals surface area contributed by atoms with E-state index in [0.717, 1.165) is 5.56 Å². The number of halogens is 1. The van der Waals surface area contributed by atoms with Gasteiger partial charge in [-0.05, 0) is 42.8 Å². The summed E-state index contributed by atoms with van der Waals surface area (Å²) in [6.07, 6.45) is 0. The molecule has 0 bridgehead atoms. The Labute approximate surface area is 128 Å². The van der Waals surface area contributed by atoms with Gasteiger partial charge in [0, 0.05) is 5.56 Å². The molecule has 116 valence electrons. The zero-order chi connectivity index (χ0) is 16.1. The molecule has 0 aromatic heterocycles. The molecule has 0 unspecified atom stereocenters. The van der Waals surface area contributed by atoms with E-state index >= 15 is 0 Å². The molecule has 0 saturated heterocycles. The third-order valence-corrected chi connectivity index (χ3v) is 3.34. The summed E-state index contributed by atoms with van der Waals surface area (Å²) in [5, 5.41) is 2.83. The van der Waals surface area contributed by atoms with Gasteiger partial charge in [0.2, 0.25) is 0 Å². The van der Waals surface area contributed by atoms with Gasteiger partial charge in [0.05, 0.1) is 20.3 Å². The third kappa shape index (κ3) is 3.55. The van der Waals surface area contributed by atoms with Crippen molar-refractivity contribution in [2.45, 2.75) is 13.0 Å². The second-order valence-electron chi connectivity index (χ2n) is 4.82. The number of hydrogen-bond acceptors (Lipinski definition) is 3. The molecule has 1 atom stereocenters. The molecular weight excluding hydrogens is 285 g/mol. The number of rotatable bonds is 5. The fourth-order valence-corrected chi connectivity index (χ4v) is 2.12. The highest BCUT2D eigenvalue weighted by Gasteiger charge is 2.14. The van der Waals surface area contributed by atoms with Crippen LogP contribution in [0.5, 0.6) is 11.5 Å². The van der Waals surface area contributed by atoms with Crippen LogP contribution >= 0.6 is 0 Å². The van der Waals surface area contributed by atoms with Crippen molar-refractivity contribution in [3.63, 3.8) is 0 Å². The number of hydrogen-bond donors (Lipinski definition) is 1. The standard InChI is InChI=1S/C17H18FNO3/c1-11(12-7-8-15(21-2)16(10-12)22-3)19-17(20)13-5-4-6-14(18)9-13/h4-11H,1-3H3,(H,19,20)/t11-/m0/s1. The lowest BCUT2D eigenvalue weighted by Gasteiger charge is -2.16. The number of carbonyl (C=O) groups is 1. The van der Waals surface area contributed by atoms with Gasteiger partial charge in [-0.1, -0.05) is 12.1 Å². The zero-order valence-electron chi connectivity index (χ0n) is 12.7. The van der Waals surface area contributed by atoms with E-state index in [-0.39, 0.29) is 17.5 Å². The molecule has 0 heterocycles.